The minimum atomic E-state index is -5.64. The van der Waals surface area contributed by atoms with E-state index in [0.29, 0.717) is 6.54 Å². The Morgan fingerprint density at radius 3 is 2.19 bits per heavy atom. The smallest absolute Gasteiger partial charge is 0.384 e. The number of hydrogen-bond acceptors (Lipinski definition) is 5. The van der Waals surface area contributed by atoms with Gasteiger partial charge in [-0.3, -0.25) is 4.79 Å². The van der Waals surface area contributed by atoms with E-state index in [9.17, 15) is 26.4 Å². The maximum absolute atomic E-state index is 13.0. The van der Waals surface area contributed by atoms with Crippen molar-refractivity contribution in [1.82, 2.24) is 10.6 Å². The summed E-state index contributed by atoms with van der Waals surface area (Å²) in [7, 11) is -5.64. The third-order valence-corrected chi connectivity index (χ3v) is 7.18. The first kappa shape index (κ1) is 30.8. The van der Waals surface area contributed by atoms with Gasteiger partial charge >= 0.3 is 5.51 Å². The summed E-state index contributed by atoms with van der Waals surface area (Å²) in [6.07, 6.45) is -1.47. The Morgan fingerprint density at radius 2 is 1.67 bits per heavy atom. The molecule has 0 spiro atoms. The quantitative estimate of drug-likeness (QED) is 0.163. The lowest BCUT2D eigenvalue weighted by Gasteiger charge is -2.28. The normalized spacial score (nSPS) is 13.0. The van der Waals surface area contributed by atoms with E-state index < -0.39 is 36.1 Å². The van der Waals surface area contributed by atoms with Crippen molar-refractivity contribution in [1.29, 1.82) is 0 Å². The van der Waals surface area contributed by atoms with Crippen molar-refractivity contribution in [3.05, 3.63) is 52.0 Å². The molecule has 198 valence electrons. The summed E-state index contributed by atoms with van der Waals surface area (Å²) in [5, 5.41) is 10.3. The minimum absolute atomic E-state index is 0.000449. The summed E-state index contributed by atoms with van der Waals surface area (Å²) in [6, 6.07) is 6.74. The monoisotopic (exact) mass is 644 g/mol. The number of thiocarbonyl (C=S) groups is 1. The van der Waals surface area contributed by atoms with Gasteiger partial charge in [-0.15, -0.1) is 0 Å². The average Bonchev–Trinajstić information content (AvgIpc) is 2.73. The highest BCUT2D eigenvalue weighted by Crippen LogP contribution is 2.34. The molecule has 4 N–H and O–H groups in total. The Bertz CT molecular complexity index is 1260. The maximum Gasteiger partial charge on any atom is 0.501 e. The minimum Gasteiger partial charge on any atom is -0.384 e. The lowest BCUT2D eigenvalue weighted by molar-refractivity contribution is -0.0436. The molecule has 1 unspecified atom stereocenters. The first-order valence-electron chi connectivity index (χ1n) is 9.56. The summed E-state index contributed by atoms with van der Waals surface area (Å²) < 4.78 is 60.5. The van der Waals surface area contributed by atoms with E-state index in [-0.39, 0.29) is 32.1 Å². The first-order valence-corrected chi connectivity index (χ1v) is 13.3. The van der Waals surface area contributed by atoms with Crippen LogP contribution < -0.4 is 21.3 Å². The number of carbonyl (C=O) groups excluding carboxylic acids is 1. The molecular weight excluding hydrogens is 631 g/mol. The van der Waals surface area contributed by atoms with Crippen LogP contribution in [0, 0.1) is 0 Å². The van der Waals surface area contributed by atoms with Gasteiger partial charge in [-0.05, 0) is 55.5 Å². The second kappa shape index (κ2) is 12.0. The fraction of sp³-hybridized carbons (Fsp3) is 0.263. The number of amides is 1. The number of rotatable bonds is 7. The highest BCUT2D eigenvalue weighted by Gasteiger charge is 2.47. The van der Waals surface area contributed by atoms with E-state index in [2.05, 4.69) is 21.3 Å². The molecule has 2 aromatic carbocycles. The molecular formula is C19H16Cl5F3N4O3S2. The van der Waals surface area contributed by atoms with Gasteiger partial charge in [0, 0.05) is 11.6 Å². The highest BCUT2D eigenvalue weighted by molar-refractivity contribution is 7.92. The molecule has 0 bridgehead atoms. The van der Waals surface area contributed by atoms with Crippen LogP contribution in [0.15, 0.2) is 41.3 Å². The number of carbonyl (C=O) groups is 1. The zero-order valence-corrected chi connectivity index (χ0v) is 23.2. The van der Waals surface area contributed by atoms with Crippen LogP contribution in [0.3, 0.4) is 0 Å². The molecule has 0 saturated carbocycles. The van der Waals surface area contributed by atoms with Gasteiger partial charge in [-0.2, -0.15) is 13.2 Å². The van der Waals surface area contributed by atoms with Crippen molar-refractivity contribution in [2.24, 2.45) is 0 Å². The van der Waals surface area contributed by atoms with Crippen LogP contribution in [0.25, 0.3) is 0 Å². The highest BCUT2D eigenvalue weighted by atomic mass is 35.6. The van der Waals surface area contributed by atoms with Crippen molar-refractivity contribution >= 4 is 102 Å². The number of halogens is 8. The number of anilines is 2. The molecule has 0 aliphatic rings. The molecule has 1 atom stereocenters. The van der Waals surface area contributed by atoms with Crippen LogP contribution in [0.1, 0.15) is 17.3 Å². The van der Waals surface area contributed by atoms with Gasteiger partial charge in [0.25, 0.3) is 15.7 Å². The van der Waals surface area contributed by atoms with Crippen LogP contribution in [-0.4, -0.2) is 41.4 Å². The number of benzene rings is 2. The van der Waals surface area contributed by atoms with Gasteiger partial charge < -0.3 is 21.3 Å². The summed E-state index contributed by atoms with van der Waals surface area (Å²) >= 11 is 34.9. The van der Waals surface area contributed by atoms with E-state index >= 15 is 0 Å². The van der Waals surface area contributed by atoms with Gasteiger partial charge in [-0.1, -0.05) is 58.0 Å². The Morgan fingerprint density at radius 1 is 1.03 bits per heavy atom. The van der Waals surface area contributed by atoms with Gasteiger partial charge in [0.2, 0.25) is 3.79 Å². The van der Waals surface area contributed by atoms with Crippen molar-refractivity contribution in [2.45, 2.75) is 27.3 Å². The maximum atomic E-state index is 13.0. The van der Waals surface area contributed by atoms with Crippen LogP contribution in [0.5, 0.6) is 0 Å². The van der Waals surface area contributed by atoms with Crippen LogP contribution in [0.2, 0.25) is 10.0 Å². The van der Waals surface area contributed by atoms with Crippen molar-refractivity contribution in [2.75, 3.05) is 17.2 Å². The number of nitrogens with one attached hydrogen (secondary N) is 4. The lowest BCUT2D eigenvalue weighted by atomic mass is 10.2. The summed E-state index contributed by atoms with van der Waals surface area (Å²) in [5.41, 5.74) is -5.42. The van der Waals surface area contributed by atoms with Crippen molar-refractivity contribution in [3.63, 3.8) is 0 Å². The fourth-order valence-electron chi connectivity index (χ4n) is 2.64. The molecule has 7 nitrogen and oxygen atoms in total. The SMILES string of the molecule is CCNc1ccc(S(=O)(=O)C(F)(F)F)cc1NC(=S)NC(NC(=O)c1ccc(Cl)cc1Cl)C(Cl)(Cl)Cl. The second-order valence-corrected chi connectivity index (χ2v) is 12.4. The van der Waals surface area contributed by atoms with Gasteiger partial charge in [0.05, 0.1) is 26.9 Å². The van der Waals surface area contributed by atoms with E-state index in [1.807, 2.05) is 0 Å². The molecule has 0 aromatic heterocycles. The molecule has 1 amide bonds. The third kappa shape index (κ3) is 7.80. The fourth-order valence-corrected chi connectivity index (χ4v) is 4.48. The van der Waals surface area contributed by atoms with E-state index in [1.54, 1.807) is 6.92 Å². The Hall–Kier alpha value is -1.41. The predicted octanol–water partition coefficient (Wildman–Crippen LogP) is 6.13. The molecule has 17 heteroatoms. The topological polar surface area (TPSA) is 99.3 Å². The molecule has 0 saturated heterocycles. The first-order chi connectivity index (χ1) is 16.5. The van der Waals surface area contributed by atoms with Gasteiger partial charge in [0.15, 0.2) is 5.11 Å². The summed E-state index contributed by atoms with van der Waals surface area (Å²) in [6.45, 7) is 2.05. The zero-order chi connectivity index (χ0) is 27.5. The molecule has 0 radical (unpaired) electrons. The van der Waals surface area contributed by atoms with Crippen molar-refractivity contribution in [3.8, 4) is 0 Å². The largest absolute Gasteiger partial charge is 0.501 e. The molecule has 36 heavy (non-hydrogen) atoms. The van der Waals surface area contributed by atoms with Gasteiger partial charge in [0.1, 0.15) is 6.17 Å². The van der Waals surface area contributed by atoms with E-state index in [4.69, 9.17) is 70.2 Å². The third-order valence-electron chi connectivity index (χ3n) is 4.28. The molecule has 0 aliphatic carbocycles. The zero-order valence-electron chi connectivity index (χ0n) is 17.8. The summed E-state index contributed by atoms with van der Waals surface area (Å²) in [5.74, 6) is -0.769. The lowest BCUT2D eigenvalue weighted by Crippen LogP contribution is -2.56. The van der Waals surface area contributed by atoms with E-state index in [1.165, 1.54) is 18.2 Å². The Labute approximate surface area is 234 Å². The second-order valence-electron chi connectivity index (χ2n) is 6.86. The number of hydrogen-bond donors (Lipinski definition) is 4. The molecule has 2 aromatic rings. The Balaban J connectivity index is 2.31. The number of sulfone groups is 1. The predicted molar refractivity (Wildman–Crippen MR) is 141 cm³/mol. The van der Waals surface area contributed by atoms with Crippen LogP contribution in [-0.2, 0) is 9.84 Å². The van der Waals surface area contributed by atoms with Crippen LogP contribution >= 0.6 is 70.2 Å². The average molecular weight is 647 g/mol. The molecule has 0 aliphatic heterocycles. The number of alkyl halides is 6. The van der Waals surface area contributed by atoms with Crippen LogP contribution in [0.4, 0.5) is 24.5 Å². The van der Waals surface area contributed by atoms with Crippen molar-refractivity contribution < 1.29 is 26.4 Å². The Kier molecular flexibility index (Phi) is 10.2. The van der Waals surface area contributed by atoms with Gasteiger partial charge in [-0.25, -0.2) is 8.42 Å². The molecule has 0 heterocycles. The van der Waals surface area contributed by atoms with E-state index in [0.717, 1.165) is 18.2 Å². The molecule has 0 fully saturated rings. The molecule has 2 rings (SSSR count). The summed E-state index contributed by atoms with van der Waals surface area (Å²) in [4.78, 5) is 11.6. The standard InChI is InChI=1S/C19H16Cl5F3N4O3S2/c1-2-28-13-6-4-10(36(33,34)19(25,26)27)8-14(13)29-17(35)31-16(18(22,23)24)30-15(32)11-5-3-9(20)7-12(11)21/h3-8,16,28H,2H2,1H3,(H,30,32)(H2,29,31,35).